The summed E-state index contributed by atoms with van der Waals surface area (Å²) in [6.45, 7) is 11.8. The SMILES string of the molecule is CCCCCNCC1CCN(C(=O)OC(C)(C)C)CC1. The summed E-state index contributed by atoms with van der Waals surface area (Å²) in [5.41, 5.74) is -0.394. The molecule has 4 nitrogen and oxygen atoms in total. The highest BCUT2D eigenvalue weighted by Crippen LogP contribution is 2.19. The Bertz CT molecular complexity index is 279. The van der Waals surface area contributed by atoms with Crippen molar-refractivity contribution in [1.82, 2.24) is 10.2 Å². The highest BCUT2D eigenvalue weighted by atomic mass is 16.6. The second-order valence-electron chi connectivity index (χ2n) is 6.82. The lowest BCUT2D eigenvalue weighted by atomic mass is 9.97. The molecule has 4 heteroatoms. The molecule has 1 rings (SSSR count). The van der Waals surface area contributed by atoms with E-state index in [2.05, 4.69) is 12.2 Å². The van der Waals surface area contributed by atoms with Crippen LogP contribution in [0.5, 0.6) is 0 Å². The molecule has 1 fully saturated rings. The van der Waals surface area contributed by atoms with E-state index in [1.54, 1.807) is 0 Å². The molecule has 1 saturated heterocycles. The van der Waals surface area contributed by atoms with Gasteiger partial charge in [0.25, 0.3) is 0 Å². The molecule has 1 amide bonds. The minimum absolute atomic E-state index is 0.160. The van der Waals surface area contributed by atoms with Crippen molar-refractivity contribution in [2.75, 3.05) is 26.2 Å². The highest BCUT2D eigenvalue weighted by molar-refractivity contribution is 5.68. The van der Waals surface area contributed by atoms with E-state index in [0.717, 1.165) is 39.0 Å². The van der Waals surface area contributed by atoms with Crippen molar-refractivity contribution in [2.45, 2.75) is 65.4 Å². The molecule has 1 heterocycles. The van der Waals surface area contributed by atoms with Gasteiger partial charge in [0, 0.05) is 13.1 Å². The van der Waals surface area contributed by atoms with Crippen LogP contribution in [-0.2, 0) is 4.74 Å². The van der Waals surface area contributed by atoms with E-state index in [-0.39, 0.29) is 6.09 Å². The molecule has 0 atom stereocenters. The van der Waals surface area contributed by atoms with Gasteiger partial charge in [-0.2, -0.15) is 0 Å². The Morgan fingerprint density at radius 1 is 1.25 bits per heavy atom. The van der Waals surface area contributed by atoms with Crippen LogP contribution in [0.3, 0.4) is 0 Å². The zero-order valence-corrected chi connectivity index (χ0v) is 13.7. The molecule has 20 heavy (non-hydrogen) atoms. The monoisotopic (exact) mass is 284 g/mol. The van der Waals surface area contributed by atoms with Gasteiger partial charge >= 0.3 is 6.09 Å². The predicted octanol–water partition coefficient (Wildman–Crippen LogP) is 3.41. The zero-order chi connectivity index (χ0) is 15.0. The average Bonchev–Trinajstić information content (AvgIpc) is 2.37. The number of rotatable bonds is 6. The highest BCUT2D eigenvalue weighted by Gasteiger charge is 2.26. The number of hydrogen-bond acceptors (Lipinski definition) is 3. The van der Waals surface area contributed by atoms with Gasteiger partial charge in [-0.05, 0) is 59.0 Å². The van der Waals surface area contributed by atoms with Crippen molar-refractivity contribution in [2.24, 2.45) is 5.92 Å². The van der Waals surface area contributed by atoms with Crippen LogP contribution in [0, 0.1) is 5.92 Å². The number of carbonyl (C=O) groups is 1. The molecule has 1 N–H and O–H groups in total. The fourth-order valence-corrected chi connectivity index (χ4v) is 2.45. The summed E-state index contributed by atoms with van der Waals surface area (Å²) in [4.78, 5) is 13.8. The lowest BCUT2D eigenvalue weighted by Gasteiger charge is -2.33. The molecule has 0 aromatic carbocycles. The van der Waals surface area contributed by atoms with E-state index in [0.29, 0.717) is 5.92 Å². The number of carbonyl (C=O) groups excluding carboxylic acids is 1. The van der Waals surface area contributed by atoms with Gasteiger partial charge in [-0.15, -0.1) is 0 Å². The minimum atomic E-state index is -0.394. The average molecular weight is 284 g/mol. The van der Waals surface area contributed by atoms with E-state index >= 15 is 0 Å². The van der Waals surface area contributed by atoms with Crippen LogP contribution in [0.25, 0.3) is 0 Å². The van der Waals surface area contributed by atoms with E-state index in [4.69, 9.17) is 4.74 Å². The molecule has 1 aliphatic heterocycles. The summed E-state index contributed by atoms with van der Waals surface area (Å²) in [5.74, 6) is 0.704. The largest absolute Gasteiger partial charge is 0.444 e. The summed E-state index contributed by atoms with van der Waals surface area (Å²) in [5, 5.41) is 3.54. The summed E-state index contributed by atoms with van der Waals surface area (Å²) >= 11 is 0. The molecule has 0 aromatic rings. The first kappa shape index (κ1) is 17.3. The van der Waals surface area contributed by atoms with Gasteiger partial charge in [-0.25, -0.2) is 4.79 Å². The molecule has 0 unspecified atom stereocenters. The third-order valence-corrected chi connectivity index (χ3v) is 3.66. The van der Waals surface area contributed by atoms with Crippen molar-refractivity contribution < 1.29 is 9.53 Å². The van der Waals surface area contributed by atoms with Gasteiger partial charge in [0.1, 0.15) is 5.60 Å². The molecule has 0 spiro atoms. The lowest BCUT2D eigenvalue weighted by Crippen LogP contribution is -2.43. The lowest BCUT2D eigenvalue weighted by molar-refractivity contribution is 0.0184. The minimum Gasteiger partial charge on any atom is -0.444 e. The number of unbranched alkanes of at least 4 members (excludes halogenated alkanes) is 2. The standard InChI is InChI=1S/C16H32N2O2/c1-5-6-7-10-17-13-14-8-11-18(12-9-14)15(19)20-16(2,3)4/h14,17H,5-13H2,1-4H3. The topological polar surface area (TPSA) is 41.6 Å². The van der Waals surface area contributed by atoms with Crippen molar-refractivity contribution in [3.8, 4) is 0 Å². The number of ether oxygens (including phenoxy) is 1. The normalized spacial score (nSPS) is 17.3. The molecule has 0 aliphatic carbocycles. The molecule has 1 aliphatic rings. The third-order valence-electron chi connectivity index (χ3n) is 3.66. The Labute approximate surface area is 124 Å². The second kappa shape index (κ2) is 8.50. The van der Waals surface area contributed by atoms with Gasteiger partial charge < -0.3 is 15.0 Å². The summed E-state index contributed by atoms with van der Waals surface area (Å²) in [7, 11) is 0. The van der Waals surface area contributed by atoms with Crippen LogP contribution >= 0.6 is 0 Å². The Balaban J connectivity index is 2.15. The van der Waals surface area contributed by atoms with Crippen LogP contribution in [-0.4, -0.2) is 42.8 Å². The number of likely N-dealkylation sites (tertiary alicyclic amines) is 1. The van der Waals surface area contributed by atoms with Gasteiger partial charge in [-0.3, -0.25) is 0 Å². The molecule has 0 radical (unpaired) electrons. The maximum Gasteiger partial charge on any atom is 0.410 e. The molecule has 0 bridgehead atoms. The molecular formula is C16H32N2O2. The predicted molar refractivity (Wildman–Crippen MR) is 82.9 cm³/mol. The van der Waals surface area contributed by atoms with E-state index in [1.807, 2.05) is 25.7 Å². The van der Waals surface area contributed by atoms with Crippen molar-refractivity contribution >= 4 is 6.09 Å². The quantitative estimate of drug-likeness (QED) is 0.760. The zero-order valence-electron chi connectivity index (χ0n) is 13.7. The van der Waals surface area contributed by atoms with Crippen LogP contribution in [0.2, 0.25) is 0 Å². The van der Waals surface area contributed by atoms with Crippen LogP contribution in [0.1, 0.15) is 59.8 Å². The summed E-state index contributed by atoms with van der Waals surface area (Å²) in [6, 6.07) is 0. The first-order chi connectivity index (χ1) is 9.42. The van der Waals surface area contributed by atoms with Crippen molar-refractivity contribution in [3.05, 3.63) is 0 Å². The summed E-state index contributed by atoms with van der Waals surface area (Å²) in [6.07, 6.45) is 5.86. The second-order valence-corrected chi connectivity index (χ2v) is 6.82. The van der Waals surface area contributed by atoms with Crippen LogP contribution < -0.4 is 5.32 Å². The Morgan fingerprint density at radius 3 is 2.45 bits per heavy atom. The maximum absolute atomic E-state index is 11.9. The number of piperidine rings is 1. The Kier molecular flexibility index (Phi) is 7.35. The number of hydrogen-bond donors (Lipinski definition) is 1. The van der Waals surface area contributed by atoms with Gasteiger partial charge in [-0.1, -0.05) is 19.8 Å². The Hall–Kier alpha value is -0.770. The van der Waals surface area contributed by atoms with Gasteiger partial charge in [0.15, 0.2) is 0 Å². The maximum atomic E-state index is 11.9. The fraction of sp³-hybridized carbons (Fsp3) is 0.938. The molecule has 118 valence electrons. The first-order valence-electron chi connectivity index (χ1n) is 8.11. The first-order valence-corrected chi connectivity index (χ1v) is 8.11. The van der Waals surface area contributed by atoms with E-state index < -0.39 is 5.60 Å². The van der Waals surface area contributed by atoms with Crippen molar-refractivity contribution in [3.63, 3.8) is 0 Å². The van der Waals surface area contributed by atoms with Crippen LogP contribution in [0.4, 0.5) is 4.79 Å². The fourth-order valence-electron chi connectivity index (χ4n) is 2.45. The van der Waals surface area contributed by atoms with Crippen molar-refractivity contribution in [1.29, 1.82) is 0 Å². The number of nitrogens with one attached hydrogen (secondary N) is 1. The third kappa shape index (κ3) is 7.13. The number of amides is 1. The van der Waals surface area contributed by atoms with Gasteiger partial charge in [0.2, 0.25) is 0 Å². The smallest absolute Gasteiger partial charge is 0.410 e. The van der Waals surface area contributed by atoms with E-state index in [9.17, 15) is 4.79 Å². The number of nitrogens with zero attached hydrogens (tertiary/aromatic N) is 1. The molecule has 0 saturated carbocycles. The molecule has 0 aromatic heterocycles. The summed E-state index contributed by atoms with van der Waals surface area (Å²) < 4.78 is 5.41. The van der Waals surface area contributed by atoms with E-state index in [1.165, 1.54) is 19.3 Å². The van der Waals surface area contributed by atoms with Gasteiger partial charge in [0.05, 0.1) is 0 Å². The Morgan fingerprint density at radius 2 is 1.90 bits per heavy atom. The molecular weight excluding hydrogens is 252 g/mol. The van der Waals surface area contributed by atoms with Crippen LogP contribution in [0.15, 0.2) is 0 Å².